The molecule has 0 fully saturated rings. The molecular weight excluding hydrogens is 370 g/mol. The number of halogens is 1. The predicted molar refractivity (Wildman–Crippen MR) is 105 cm³/mol. The van der Waals surface area contributed by atoms with Crippen LogP contribution in [0.2, 0.25) is 5.02 Å². The van der Waals surface area contributed by atoms with Gasteiger partial charge in [0.2, 0.25) is 10.0 Å². The van der Waals surface area contributed by atoms with Crippen molar-refractivity contribution in [3.63, 3.8) is 0 Å². The van der Waals surface area contributed by atoms with E-state index in [2.05, 4.69) is 4.72 Å². The highest BCUT2D eigenvalue weighted by Crippen LogP contribution is 2.26. The summed E-state index contributed by atoms with van der Waals surface area (Å²) in [6, 6.07) is 18.3. The van der Waals surface area contributed by atoms with Gasteiger partial charge in [0.25, 0.3) is 0 Å². The second-order valence-corrected chi connectivity index (χ2v) is 8.35. The van der Waals surface area contributed by atoms with Crippen molar-refractivity contribution in [1.82, 2.24) is 4.72 Å². The van der Waals surface area contributed by atoms with Gasteiger partial charge in [-0.05, 0) is 47.4 Å². The van der Waals surface area contributed by atoms with Crippen LogP contribution in [0, 0.1) is 6.92 Å². The topological polar surface area (TPSA) is 66.4 Å². The first-order chi connectivity index (χ1) is 12.4. The average Bonchev–Trinajstić information content (AvgIpc) is 2.63. The molecule has 3 rings (SSSR count). The van der Waals surface area contributed by atoms with Gasteiger partial charge in [-0.15, -0.1) is 0 Å². The Bertz CT molecular complexity index is 1030. The molecule has 0 saturated heterocycles. The van der Waals surface area contributed by atoms with Crippen molar-refractivity contribution in [3.05, 3.63) is 76.8 Å². The van der Waals surface area contributed by atoms with Crippen molar-refractivity contribution in [2.45, 2.75) is 24.3 Å². The van der Waals surface area contributed by atoms with Gasteiger partial charge in [-0.25, -0.2) is 13.1 Å². The number of fused-ring (bicyclic) bond motifs is 1. The van der Waals surface area contributed by atoms with E-state index in [-0.39, 0.29) is 17.9 Å². The Morgan fingerprint density at radius 3 is 2.62 bits per heavy atom. The van der Waals surface area contributed by atoms with Crippen molar-refractivity contribution in [1.29, 1.82) is 0 Å². The highest BCUT2D eigenvalue weighted by Gasteiger charge is 2.18. The van der Waals surface area contributed by atoms with Gasteiger partial charge in [0.05, 0.1) is 11.0 Å². The summed E-state index contributed by atoms with van der Waals surface area (Å²) in [6.45, 7) is 1.84. The molecule has 4 nitrogen and oxygen atoms in total. The molecule has 0 spiro atoms. The number of aliphatic hydroxyl groups is 1. The first-order valence-corrected chi connectivity index (χ1v) is 10.2. The maximum absolute atomic E-state index is 12.5. The summed E-state index contributed by atoms with van der Waals surface area (Å²) < 4.78 is 27.5. The van der Waals surface area contributed by atoms with Crippen molar-refractivity contribution in [2.24, 2.45) is 0 Å². The van der Waals surface area contributed by atoms with Crippen molar-refractivity contribution >= 4 is 32.4 Å². The zero-order chi connectivity index (χ0) is 18.7. The Morgan fingerprint density at radius 2 is 1.81 bits per heavy atom. The van der Waals surface area contributed by atoms with E-state index in [1.165, 1.54) is 6.07 Å². The summed E-state index contributed by atoms with van der Waals surface area (Å²) in [5, 5.41) is 12.9. The summed E-state index contributed by atoms with van der Waals surface area (Å²) in [7, 11) is -3.68. The number of sulfonamides is 1. The number of aryl methyl sites for hydroxylation is 1. The molecule has 0 amide bonds. The van der Waals surface area contributed by atoms with E-state index < -0.39 is 16.1 Å². The fraction of sp³-hybridized carbons (Fsp3) is 0.200. The van der Waals surface area contributed by atoms with E-state index in [0.717, 1.165) is 16.3 Å². The standard InChI is InChI=1S/C20H20ClNO3S/c1-14-9-10-16(21)13-20(14)26(24,25)22-12-11-19(23)18-8-4-6-15-5-2-3-7-17(15)18/h2-10,13,19,22-23H,11-12H2,1H3. The third kappa shape index (κ3) is 4.07. The molecule has 0 heterocycles. The van der Waals surface area contributed by atoms with Crippen molar-refractivity contribution < 1.29 is 13.5 Å². The number of hydrogen-bond donors (Lipinski definition) is 2. The van der Waals surface area contributed by atoms with Gasteiger partial charge in [-0.3, -0.25) is 0 Å². The minimum atomic E-state index is -3.68. The monoisotopic (exact) mass is 389 g/mol. The van der Waals surface area contributed by atoms with Crippen LogP contribution in [0.25, 0.3) is 10.8 Å². The lowest BCUT2D eigenvalue weighted by Crippen LogP contribution is -2.26. The molecule has 26 heavy (non-hydrogen) atoms. The fourth-order valence-corrected chi connectivity index (χ4v) is 4.52. The third-order valence-electron chi connectivity index (χ3n) is 4.33. The van der Waals surface area contributed by atoms with E-state index in [4.69, 9.17) is 11.6 Å². The van der Waals surface area contributed by atoms with Gasteiger partial charge in [0.15, 0.2) is 0 Å². The third-order valence-corrected chi connectivity index (χ3v) is 6.17. The van der Waals surface area contributed by atoms with E-state index in [1.54, 1.807) is 19.1 Å². The van der Waals surface area contributed by atoms with Gasteiger partial charge < -0.3 is 5.11 Å². The summed E-state index contributed by atoms with van der Waals surface area (Å²) in [5.41, 5.74) is 1.41. The maximum atomic E-state index is 12.5. The first-order valence-electron chi connectivity index (χ1n) is 8.30. The van der Waals surface area contributed by atoms with Gasteiger partial charge in [0.1, 0.15) is 0 Å². The molecule has 1 atom stereocenters. The SMILES string of the molecule is Cc1ccc(Cl)cc1S(=O)(=O)NCCC(O)c1cccc2ccccc12. The molecule has 0 radical (unpaired) electrons. The molecule has 3 aromatic rings. The molecule has 0 bridgehead atoms. The summed E-state index contributed by atoms with van der Waals surface area (Å²) in [6.07, 6.45) is -0.489. The number of hydrogen-bond acceptors (Lipinski definition) is 3. The molecular formula is C20H20ClNO3S. The Hall–Kier alpha value is -1.92. The Morgan fingerprint density at radius 1 is 1.08 bits per heavy atom. The Labute approximate surface area is 158 Å². The van der Waals surface area contributed by atoms with Gasteiger partial charge in [0, 0.05) is 11.6 Å². The number of benzene rings is 3. The van der Waals surface area contributed by atoms with Crippen LogP contribution in [0.5, 0.6) is 0 Å². The van der Waals surface area contributed by atoms with Crippen LogP contribution in [0.3, 0.4) is 0 Å². The number of nitrogens with one attached hydrogen (secondary N) is 1. The van der Waals surface area contributed by atoms with Gasteiger partial charge in [-0.1, -0.05) is 60.1 Å². The zero-order valence-electron chi connectivity index (χ0n) is 14.3. The Kier molecular flexibility index (Phi) is 5.63. The van der Waals surface area contributed by atoms with Crippen LogP contribution in [0.4, 0.5) is 0 Å². The van der Waals surface area contributed by atoms with E-state index in [1.807, 2.05) is 42.5 Å². The Balaban J connectivity index is 1.72. The van der Waals surface area contributed by atoms with Gasteiger partial charge >= 0.3 is 0 Å². The maximum Gasteiger partial charge on any atom is 0.240 e. The lowest BCUT2D eigenvalue weighted by atomic mass is 9.99. The molecule has 3 aromatic carbocycles. The summed E-state index contributed by atoms with van der Waals surface area (Å²) >= 11 is 5.91. The highest BCUT2D eigenvalue weighted by atomic mass is 35.5. The summed E-state index contributed by atoms with van der Waals surface area (Å²) in [4.78, 5) is 0.157. The first kappa shape index (κ1) is 18.9. The van der Waals surface area contributed by atoms with Crippen LogP contribution < -0.4 is 4.72 Å². The van der Waals surface area contributed by atoms with Crippen LogP contribution in [-0.2, 0) is 10.0 Å². The molecule has 0 saturated carbocycles. The molecule has 0 aliphatic rings. The second kappa shape index (κ2) is 7.76. The predicted octanol–water partition coefficient (Wildman–Crippen LogP) is 4.20. The van der Waals surface area contributed by atoms with Gasteiger partial charge in [-0.2, -0.15) is 0 Å². The van der Waals surface area contributed by atoms with Crippen LogP contribution >= 0.6 is 11.6 Å². The molecule has 2 N–H and O–H groups in total. The van der Waals surface area contributed by atoms with E-state index in [0.29, 0.717) is 10.6 Å². The van der Waals surface area contributed by atoms with Crippen molar-refractivity contribution in [3.8, 4) is 0 Å². The van der Waals surface area contributed by atoms with Crippen LogP contribution in [0.1, 0.15) is 23.7 Å². The van der Waals surface area contributed by atoms with E-state index in [9.17, 15) is 13.5 Å². The zero-order valence-corrected chi connectivity index (χ0v) is 15.9. The quantitative estimate of drug-likeness (QED) is 0.663. The minimum absolute atomic E-state index is 0.124. The molecule has 136 valence electrons. The minimum Gasteiger partial charge on any atom is -0.388 e. The molecule has 0 aliphatic heterocycles. The van der Waals surface area contributed by atoms with Crippen LogP contribution in [0.15, 0.2) is 65.6 Å². The lowest BCUT2D eigenvalue weighted by Gasteiger charge is -2.15. The molecule has 0 aliphatic carbocycles. The fourth-order valence-electron chi connectivity index (χ4n) is 2.97. The smallest absolute Gasteiger partial charge is 0.240 e. The molecule has 1 unspecified atom stereocenters. The second-order valence-electron chi connectivity index (χ2n) is 6.18. The molecule has 0 aromatic heterocycles. The van der Waals surface area contributed by atoms with Crippen LogP contribution in [-0.4, -0.2) is 20.1 Å². The van der Waals surface area contributed by atoms with Crippen molar-refractivity contribution in [2.75, 3.05) is 6.54 Å². The summed E-state index contributed by atoms with van der Waals surface area (Å²) in [5.74, 6) is 0. The van der Waals surface area contributed by atoms with E-state index >= 15 is 0 Å². The largest absolute Gasteiger partial charge is 0.388 e. The lowest BCUT2D eigenvalue weighted by molar-refractivity contribution is 0.170. The number of rotatable bonds is 6. The number of aliphatic hydroxyl groups excluding tert-OH is 1. The highest BCUT2D eigenvalue weighted by molar-refractivity contribution is 7.89. The molecule has 6 heteroatoms. The normalized spacial score (nSPS) is 13.0. The average molecular weight is 390 g/mol.